The van der Waals surface area contributed by atoms with E-state index in [0.29, 0.717) is 32.1 Å². The van der Waals surface area contributed by atoms with E-state index in [0.717, 1.165) is 0 Å². The molecular weight excluding hydrogens is 324 g/mol. The molecule has 0 amide bonds. The molecule has 25 heavy (non-hydrogen) atoms. The summed E-state index contributed by atoms with van der Waals surface area (Å²) in [5, 5.41) is 30.2. The highest BCUT2D eigenvalue weighted by atomic mass is 16.6. The Kier molecular flexibility index (Phi) is 4.81. The van der Waals surface area contributed by atoms with Crippen molar-refractivity contribution in [2.24, 2.45) is 22.7 Å². The number of Topliss-reactive ketones (excluding diaryl/α,β-unsaturated/α-hetero) is 1. The SMILES string of the molecule is C[C@]1(CO)C2CCC(=O)[C@@H](C/C=C3/C(=O)OC[C@H]3O)[C@]2(C)CC[C@H]1O. The summed E-state index contributed by atoms with van der Waals surface area (Å²) in [6.45, 7) is 3.84. The largest absolute Gasteiger partial charge is 0.459 e. The molecule has 3 N–H and O–H groups in total. The fraction of sp³-hybridized carbons (Fsp3) is 0.789. The number of carbonyl (C=O) groups excluding carboxylic acids is 2. The minimum absolute atomic E-state index is 0.0298. The molecule has 0 spiro atoms. The number of ketones is 1. The van der Waals surface area contributed by atoms with Crippen molar-refractivity contribution in [2.45, 2.75) is 58.2 Å². The summed E-state index contributed by atoms with van der Waals surface area (Å²) >= 11 is 0. The fourth-order valence-electron chi connectivity index (χ4n) is 5.39. The molecule has 3 fully saturated rings. The number of carbonyl (C=O) groups is 2. The first-order valence-corrected chi connectivity index (χ1v) is 9.11. The van der Waals surface area contributed by atoms with Crippen molar-refractivity contribution in [1.82, 2.24) is 0 Å². The Bertz CT molecular complexity index is 599. The monoisotopic (exact) mass is 352 g/mol. The second kappa shape index (κ2) is 6.49. The van der Waals surface area contributed by atoms with Crippen molar-refractivity contribution >= 4 is 11.8 Å². The van der Waals surface area contributed by atoms with Crippen LogP contribution in [0.3, 0.4) is 0 Å². The first-order chi connectivity index (χ1) is 11.7. The van der Waals surface area contributed by atoms with Crippen molar-refractivity contribution in [1.29, 1.82) is 0 Å². The molecule has 6 atom stereocenters. The van der Waals surface area contributed by atoms with E-state index in [9.17, 15) is 24.9 Å². The standard InChI is InChI=1S/C19H28O6/c1-18-8-7-16(23)19(2,10-20)15(18)6-5-13(21)12(18)4-3-11-14(22)9-25-17(11)24/h3,12,14-16,20,22-23H,4-10H2,1-2H3/b11-3+/t12-,14-,15?,16-,18+,19+/m1/s1. The van der Waals surface area contributed by atoms with Gasteiger partial charge in [0, 0.05) is 17.8 Å². The molecule has 0 radical (unpaired) electrons. The van der Waals surface area contributed by atoms with Gasteiger partial charge in [-0.05, 0) is 37.0 Å². The molecule has 2 saturated carbocycles. The van der Waals surface area contributed by atoms with Gasteiger partial charge in [0.05, 0.1) is 18.3 Å². The summed E-state index contributed by atoms with van der Waals surface area (Å²) in [7, 11) is 0. The van der Waals surface area contributed by atoms with Gasteiger partial charge < -0.3 is 20.1 Å². The minimum Gasteiger partial charge on any atom is -0.459 e. The van der Waals surface area contributed by atoms with E-state index in [1.807, 2.05) is 6.92 Å². The Labute approximate surface area is 147 Å². The van der Waals surface area contributed by atoms with Crippen LogP contribution in [0.15, 0.2) is 11.6 Å². The number of aliphatic hydroxyl groups is 3. The van der Waals surface area contributed by atoms with Crippen LogP contribution >= 0.6 is 0 Å². The van der Waals surface area contributed by atoms with Crippen LogP contribution in [0.2, 0.25) is 0 Å². The van der Waals surface area contributed by atoms with Gasteiger partial charge in [0.1, 0.15) is 18.5 Å². The molecule has 6 heteroatoms. The topological polar surface area (TPSA) is 104 Å². The lowest BCUT2D eigenvalue weighted by molar-refractivity contribution is -0.170. The molecule has 0 aromatic carbocycles. The van der Waals surface area contributed by atoms with Gasteiger partial charge in [-0.15, -0.1) is 0 Å². The molecular formula is C19H28O6. The van der Waals surface area contributed by atoms with Gasteiger partial charge >= 0.3 is 5.97 Å². The second-order valence-electron chi connectivity index (χ2n) is 8.34. The Morgan fingerprint density at radius 2 is 1.96 bits per heavy atom. The van der Waals surface area contributed by atoms with Crippen molar-refractivity contribution in [3.05, 3.63) is 11.6 Å². The third-order valence-corrected chi connectivity index (χ3v) is 7.06. The van der Waals surface area contributed by atoms with Crippen molar-refractivity contribution in [2.75, 3.05) is 13.2 Å². The first kappa shape index (κ1) is 18.5. The molecule has 1 saturated heterocycles. The van der Waals surface area contributed by atoms with E-state index in [4.69, 9.17) is 4.74 Å². The smallest absolute Gasteiger partial charge is 0.336 e. The maximum absolute atomic E-state index is 12.7. The van der Waals surface area contributed by atoms with Crippen LogP contribution in [-0.2, 0) is 14.3 Å². The highest BCUT2D eigenvalue weighted by Crippen LogP contribution is 2.59. The molecule has 1 aliphatic heterocycles. The Balaban J connectivity index is 1.89. The number of fused-ring (bicyclic) bond motifs is 1. The maximum Gasteiger partial charge on any atom is 0.336 e. The van der Waals surface area contributed by atoms with E-state index in [1.54, 1.807) is 6.08 Å². The number of hydrogen-bond donors (Lipinski definition) is 3. The van der Waals surface area contributed by atoms with Crippen LogP contribution < -0.4 is 0 Å². The lowest BCUT2D eigenvalue weighted by atomic mass is 9.46. The number of aliphatic hydroxyl groups excluding tert-OH is 3. The molecule has 140 valence electrons. The molecule has 3 aliphatic rings. The molecule has 6 nitrogen and oxygen atoms in total. The normalized spacial score (nSPS) is 46.2. The quantitative estimate of drug-likeness (QED) is 0.517. The van der Waals surface area contributed by atoms with Crippen molar-refractivity contribution < 1.29 is 29.6 Å². The lowest BCUT2D eigenvalue weighted by Gasteiger charge is -2.58. The minimum atomic E-state index is -0.925. The van der Waals surface area contributed by atoms with Gasteiger partial charge in [0.15, 0.2) is 0 Å². The van der Waals surface area contributed by atoms with E-state index < -0.39 is 23.6 Å². The Morgan fingerprint density at radius 1 is 1.24 bits per heavy atom. The zero-order valence-electron chi connectivity index (χ0n) is 14.9. The highest BCUT2D eigenvalue weighted by Gasteiger charge is 2.58. The number of cyclic esters (lactones) is 1. The maximum atomic E-state index is 12.7. The van der Waals surface area contributed by atoms with Crippen molar-refractivity contribution in [3.8, 4) is 0 Å². The van der Waals surface area contributed by atoms with Crippen LogP contribution in [0.25, 0.3) is 0 Å². The van der Waals surface area contributed by atoms with Crippen LogP contribution in [0.4, 0.5) is 0 Å². The summed E-state index contributed by atoms with van der Waals surface area (Å²) in [5.41, 5.74) is -0.721. The van der Waals surface area contributed by atoms with Gasteiger partial charge in [-0.25, -0.2) is 4.79 Å². The number of allylic oxidation sites excluding steroid dienone is 1. The first-order valence-electron chi connectivity index (χ1n) is 9.11. The molecule has 1 heterocycles. The zero-order chi connectivity index (χ0) is 18.4. The van der Waals surface area contributed by atoms with Crippen LogP contribution in [-0.4, -0.2) is 52.5 Å². The van der Waals surface area contributed by atoms with E-state index in [2.05, 4.69) is 6.92 Å². The molecule has 0 aromatic heterocycles. The fourth-order valence-corrected chi connectivity index (χ4v) is 5.39. The second-order valence-corrected chi connectivity index (χ2v) is 8.34. The molecule has 3 rings (SSSR count). The number of hydrogen-bond acceptors (Lipinski definition) is 6. The van der Waals surface area contributed by atoms with Crippen LogP contribution in [0.5, 0.6) is 0 Å². The van der Waals surface area contributed by atoms with Gasteiger partial charge in [-0.2, -0.15) is 0 Å². The van der Waals surface area contributed by atoms with Gasteiger partial charge in [-0.1, -0.05) is 19.9 Å². The van der Waals surface area contributed by atoms with Crippen LogP contribution in [0, 0.1) is 22.7 Å². The van der Waals surface area contributed by atoms with Crippen LogP contribution in [0.1, 0.15) is 46.0 Å². The lowest BCUT2D eigenvalue weighted by Crippen LogP contribution is -2.58. The van der Waals surface area contributed by atoms with Gasteiger partial charge in [-0.3, -0.25) is 4.79 Å². The predicted molar refractivity (Wildman–Crippen MR) is 89.4 cm³/mol. The van der Waals surface area contributed by atoms with E-state index >= 15 is 0 Å². The summed E-state index contributed by atoms with van der Waals surface area (Å²) in [6.07, 6.45) is 2.88. The zero-order valence-corrected chi connectivity index (χ0v) is 14.9. The third kappa shape index (κ3) is 2.84. The molecule has 2 aliphatic carbocycles. The molecule has 1 unspecified atom stereocenters. The summed E-state index contributed by atoms with van der Waals surface area (Å²) in [4.78, 5) is 24.4. The highest BCUT2D eigenvalue weighted by molar-refractivity contribution is 5.92. The average molecular weight is 352 g/mol. The number of esters is 1. The number of ether oxygens (including phenoxy) is 1. The average Bonchev–Trinajstić information content (AvgIpc) is 2.89. The Hall–Kier alpha value is -1.24. The van der Waals surface area contributed by atoms with Gasteiger partial charge in [0.25, 0.3) is 0 Å². The van der Waals surface area contributed by atoms with E-state index in [1.165, 1.54) is 0 Å². The summed E-state index contributed by atoms with van der Waals surface area (Å²) in [5.74, 6) is -0.599. The summed E-state index contributed by atoms with van der Waals surface area (Å²) in [6, 6.07) is 0. The number of rotatable bonds is 3. The van der Waals surface area contributed by atoms with Crippen molar-refractivity contribution in [3.63, 3.8) is 0 Å². The van der Waals surface area contributed by atoms with Gasteiger partial charge in [0.2, 0.25) is 0 Å². The molecule has 0 bridgehead atoms. The summed E-state index contributed by atoms with van der Waals surface area (Å²) < 4.78 is 4.83. The molecule has 0 aromatic rings. The van der Waals surface area contributed by atoms with E-state index in [-0.39, 0.29) is 41.8 Å². The Morgan fingerprint density at radius 3 is 2.56 bits per heavy atom. The third-order valence-electron chi connectivity index (χ3n) is 7.06. The predicted octanol–water partition coefficient (Wildman–Crippen LogP) is 0.975.